The van der Waals surface area contributed by atoms with Crippen LogP contribution in [0, 0.1) is 24.0 Å². The zero-order valence-corrected chi connectivity index (χ0v) is 12.9. The van der Waals surface area contributed by atoms with Crippen LogP contribution in [0.2, 0.25) is 0 Å². The molecule has 0 aliphatic heterocycles. The van der Waals surface area contributed by atoms with Crippen molar-refractivity contribution in [2.24, 2.45) is 7.05 Å². The summed E-state index contributed by atoms with van der Waals surface area (Å²) in [5.74, 6) is -0.267. The lowest BCUT2D eigenvalue weighted by atomic mass is 10.1. The van der Waals surface area contributed by atoms with Crippen LogP contribution in [0.3, 0.4) is 0 Å². The molecular formula is C13H18N6O3. The van der Waals surface area contributed by atoms with E-state index in [-0.39, 0.29) is 24.2 Å². The topological polar surface area (TPSA) is 108 Å². The fourth-order valence-electron chi connectivity index (χ4n) is 2.22. The van der Waals surface area contributed by atoms with Gasteiger partial charge < -0.3 is 5.32 Å². The molecule has 0 aromatic carbocycles. The Bertz CT molecular complexity index is 717. The minimum atomic E-state index is -0.516. The molecule has 2 heterocycles. The summed E-state index contributed by atoms with van der Waals surface area (Å²) in [4.78, 5) is 22.3. The van der Waals surface area contributed by atoms with E-state index < -0.39 is 4.92 Å². The van der Waals surface area contributed by atoms with Crippen molar-refractivity contribution in [1.29, 1.82) is 0 Å². The second kappa shape index (κ2) is 5.96. The van der Waals surface area contributed by atoms with E-state index in [1.54, 1.807) is 17.8 Å². The minimum absolute atomic E-state index is 0.0661. The molecular weight excluding hydrogens is 288 g/mol. The Hall–Kier alpha value is -2.71. The Morgan fingerprint density at radius 3 is 2.55 bits per heavy atom. The van der Waals surface area contributed by atoms with Gasteiger partial charge in [-0.05, 0) is 20.8 Å². The zero-order chi connectivity index (χ0) is 16.4. The van der Waals surface area contributed by atoms with E-state index >= 15 is 0 Å². The lowest BCUT2D eigenvalue weighted by Crippen LogP contribution is -2.31. The Morgan fingerprint density at radius 1 is 1.36 bits per heavy atom. The number of rotatable bonds is 5. The largest absolute Gasteiger partial charge is 0.348 e. The van der Waals surface area contributed by atoms with Crippen molar-refractivity contribution in [2.75, 3.05) is 0 Å². The first-order chi connectivity index (χ1) is 10.3. The molecule has 22 heavy (non-hydrogen) atoms. The summed E-state index contributed by atoms with van der Waals surface area (Å²) in [6.45, 7) is 5.28. The summed E-state index contributed by atoms with van der Waals surface area (Å²) in [7, 11) is 1.83. The molecule has 118 valence electrons. The average Bonchev–Trinajstić information content (AvgIpc) is 2.95. The van der Waals surface area contributed by atoms with Gasteiger partial charge in [-0.3, -0.25) is 24.3 Å². The molecule has 9 nitrogen and oxygen atoms in total. The fraction of sp³-hybridized carbons (Fsp3) is 0.462. The van der Waals surface area contributed by atoms with Crippen molar-refractivity contribution in [2.45, 2.75) is 33.4 Å². The molecule has 0 bridgehead atoms. The number of nitrogens with one attached hydrogen (secondary N) is 1. The predicted octanol–water partition coefficient (Wildman–Crippen LogP) is 1.02. The van der Waals surface area contributed by atoms with Crippen LogP contribution < -0.4 is 5.32 Å². The number of carbonyl (C=O) groups is 1. The van der Waals surface area contributed by atoms with Crippen LogP contribution in [0.25, 0.3) is 0 Å². The van der Waals surface area contributed by atoms with Crippen molar-refractivity contribution in [3.05, 3.63) is 39.5 Å². The van der Waals surface area contributed by atoms with Gasteiger partial charge in [-0.25, -0.2) is 0 Å². The Morgan fingerprint density at radius 2 is 2.05 bits per heavy atom. The van der Waals surface area contributed by atoms with E-state index in [1.165, 1.54) is 4.68 Å². The van der Waals surface area contributed by atoms with Crippen molar-refractivity contribution >= 4 is 11.6 Å². The molecule has 2 rings (SSSR count). The number of aryl methyl sites for hydroxylation is 1. The highest BCUT2D eigenvalue weighted by Crippen LogP contribution is 2.17. The highest BCUT2D eigenvalue weighted by molar-refractivity contribution is 5.76. The average molecular weight is 306 g/mol. The molecule has 0 aliphatic rings. The number of carbonyl (C=O) groups excluding carboxylic acids is 1. The van der Waals surface area contributed by atoms with Gasteiger partial charge in [0.15, 0.2) is 0 Å². The third-order valence-corrected chi connectivity index (χ3v) is 3.68. The van der Waals surface area contributed by atoms with Gasteiger partial charge in [0.25, 0.3) is 0 Å². The summed E-state index contributed by atoms with van der Waals surface area (Å²) < 4.78 is 3.05. The number of nitrogens with zero attached hydrogens (tertiary/aromatic N) is 5. The number of aromatic nitrogens is 4. The van der Waals surface area contributed by atoms with Gasteiger partial charge >= 0.3 is 5.69 Å². The Labute approximate surface area is 127 Å². The smallest absolute Gasteiger partial charge is 0.309 e. The third-order valence-electron chi connectivity index (χ3n) is 3.68. The maximum absolute atomic E-state index is 12.1. The number of nitro groups is 1. The van der Waals surface area contributed by atoms with E-state index in [0.717, 1.165) is 17.5 Å². The SMILES string of the molecule is Cc1c(C(C)NC(=O)Cn2ncc([N+](=O)[O-])c2C)cnn1C. The third kappa shape index (κ3) is 2.97. The van der Waals surface area contributed by atoms with Crippen LogP contribution in [0.1, 0.15) is 29.9 Å². The van der Waals surface area contributed by atoms with E-state index in [4.69, 9.17) is 0 Å². The maximum Gasteiger partial charge on any atom is 0.309 e. The van der Waals surface area contributed by atoms with Gasteiger partial charge in [0.2, 0.25) is 5.91 Å². The lowest BCUT2D eigenvalue weighted by Gasteiger charge is -2.14. The molecule has 1 N–H and O–H groups in total. The minimum Gasteiger partial charge on any atom is -0.348 e. The van der Waals surface area contributed by atoms with E-state index in [9.17, 15) is 14.9 Å². The molecule has 0 saturated carbocycles. The number of hydrogen-bond acceptors (Lipinski definition) is 5. The summed E-state index contributed by atoms with van der Waals surface area (Å²) in [5, 5.41) is 21.6. The highest BCUT2D eigenvalue weighted by Gasteiger charge is 2.19. The van der Waals surface area contributed by atoms with Crippen LogP contribution in [0.5, 0.6) is 0 Å². The summed E-state index contributed by atoms with van der Waals surface area (Å²) >= 11 is 0. The maximum atomic E-state index is 12.1. The van der Waals surface area contributed by atoms with Crippen LogP contribution in [0.4, 0.5) is 5.69 Å². The first-order valence-corrected chi connectivity index (χ1v) is 6.76. The molecule has 1 atom stereocenters. The second-order valence-corrected chi connectivity index (χ2v) is 5.13. The first kappa shape index (κ1) is 15.7. The Balaban J connectivity index is 2.04. The normalized spacial score (nSPS) is 12.2. The van der Waals surface area contributed by atoms with Gasteiger partial charge in [-0.15, -0.1) is 0 Å². The van der Waals surface area contributed by atoms with Gasteiger partial charge in [0.05, 0.1) is 17.2 Å². The first-order valence-electron chi connectivity index (χ1n) is 6.76. The standard InChI is InChI=1S/C13H18N6O3/c1-8(11-5-14-17(4)9(11)2)16-13(20)7-18-10(3)12(6-15-18)19(21)22/h5-6,8H,7H2,1-4H3,(H,16,20). The van der Waals surface area contributed by atoms with Gasteiger partial charge in [-0.2, -0.15) is 10.2 Å². The molecule has 0 radical (unpaired) electrons. The molecule has 9 heteroatoms. The van der Waals surface area contributed by atoms with Gasteiger partial charge in [0.1, 0.15) is 18.4 Å². The van der Waals surface area contributed by atoms with E-state index in [0.29, 0.717) is 5.69 Å². The van der Waals surface area contributed by atoms with Crippen LogP contribution in [0.15, 0.2) is 12.4 Å². The molecule has 0 aliphatic carbocycles. The van der Waals surface area contributed by atoms with E-state index in [2.05, 4.69) is 15.5 Å². The van der Waals surface area contributed by atoms with Gasteiger partial charge in [0, 0.05) is 18.3 Å². The van der Waals surface area contributed by atoms with Crippen LogP contribution >= 0.6 is 0 Å². The number of amides is 1. The predicted molar refractivity (Wildman–Crippen MR) is 78.1 cm³/mol. The molecule has 2 aromatic heterocycles. The van der Waals surface area contributed by atoms with Crippen LogP contribution in [-0.2, 0) is 18.4 Å². The van der Waals surface area contributed by atoms with Crippen molar-refractivity contribution in [1.82, 2.24) is 24.9 Å². The summed E-state index contributed by atoms with van der Waals surface area (Å²) in [5.41, 5.74) is 2.16. The summed E-state index contributed by atoms with van der Waals surface area (Å²) in [6.07, 6.45) is 2.86. The summed E-state index contributed by atoms with van der Waals surface area (Å²) in [6, 6.07) is -0.202. The lowest BCUT2D eigenvalue weighted by molar-refractivity contribution is -0.385. The Kier molecular flexibility index (Phi) is 4.25. The molecule has 0 fully saturated rings. The highest BCUT2D eigenvalue weighted by atomic mass is 16.6. The van der Waals surface area contributed by atoms with Crippen molar-refractivity contribution < 1.29 is 9.72 Å². The molecule has 1 unspecified atom stereocenters. The van der Waals surface area contributed by atoms with Crippen molar-refractivity contribution in [3.8, 4) is 0 Å². The fourth-order valence-corrected chi connectivity index (χ4v) is 2.22. The molecule has 1 amide bonds. The van der Waals surface area contributed by atoms with Crippen molar-refractivity contribution in [3.63, 3.8) is 0 Å². The van der Waals surface area contributed by atoms with Gasteiger partial charge in [-0.1, -0.05) is 0 Å². The number of hydrogen-bond donors (Lipinski definition) is 1. The quantitative estimate of drug-likeness (QED) is 0.655. The molecule has 0 spiro atoms. The van der Waals surface area contributed by atoms with Crippen LogP contribution in [-0.4, -0.2) is 30.4 Å². The zero-order valence-electron chi connectivity index (χ0n) is 12.9. The monoisotopic (exact) mass is 306 g/mol. The van der Waals surface area contributed by atoms with E-state index in [1.807, 2.05) is 20.9 Å². The molecule has 0 saturated heterocycles. The molecule has 2 aromatic rings. The second-order valence-electron chi connectivity index (χ2n) is 5.13.